The molecule has 0 saturated carbocycles. The standard InChI is InChI=1S/C18H22N4O5/c19-15(20)12-1-3-13(4-2-12)16(25)21-8-5-18(6-9-21)7-10-22(11-14(23)24)17(26)27-18/h1-4H,5-11H2,(H3,19,20)(H,23,24). The van der Waals surface area contributed by atoms with Gasteiger partial charge in [0, 0.05) is 50.0 Å². The number of carbonyl (C=O) groups is 3. The largest absolute Gasteiger partial charge is 0.480 e. The normalized spacial score (nSPS) is 18.9. The van der Waals surface area contributed by atoms with E-state index >= 15 is 0 Å². The number of nitrogens with one attached hydrogen (secondary N) is 1. The van der Waals surface area contributed by atoms with Crippen LogP contribution in [0.3, 0.4) is 0 Å². The summed E-state index contributed by atoms with van der Waals surface area (Å²) >= 11 is 0. The number of hydrogen-bond donors (Lipinski definition) is 3. The molecule has 0 bridgehead atoms. The van der Waals surface area contributed by atoms with Crippen molar-refractivity contribution in [1.82, 2.24) is 9.80 Å². The molecule has 2 heterocycles. The molecule has 2 aliphatic heterocycles. The van der Waals surface area contributed by atoms with Crippen LogP contribution in [0.25, 0.3) is 0 Å². The summed E-state index contributed by atoms with van der Waals surface area (Å²) in [5.41, 5.74) is 5.87. The number of amides is 2. The monoisotopic (exact) mass is 374 g/mol. The Labute approximate surface area is 156 Å². The summed E-state index contributed by atoms with van der Waals surface area (Å²) in [6.45, 7) is 0.889. The fourth-order valence-corrected chi connectivity index (χ4v) is 3.48. The second kappa shape index (κ2) is 7.26. The van der Waals surface area contributed by atoms with E-state index in [2.05, 4.69) is 0 Å². The number of rotatable bonds is 4. The van der Waals surface area contributed by atoms with E-state index in [1.165, 1.54) is 4.90 Å². The molecule has 2 saturated heterocycles. The van der Waals surface area contributed by atoms with Crippen LogP contribution >= 0.6 is 0 Å². The molecule has 2 fully saturated rings. The average molecular weight is 374 g/mol. The summed E-state index contributed by atoms with van der Waals surface area (Å²) in [7, 11) is 0. The molecule has 1 aromatic carbocycles. The van der Waals surface area contributed by atoms with Gasteiger partial charge in [-0.05, 0) is 12.1 Å². The number of benzene rings is 1. The minimum absolute atomic E-state index is 0.0510. The number of amidine groups is 1. The Morgan fingerprint density at radius 3 is 2.19 bits per heavy atom. The fraction of sp³-hybridized carbons (Fsp3) is 0.444. The number of nitrogens with two attached hydrogens (primary N) is 1. The molecule has 0 radical (unpaired) electrons. The van der Waals surface area contributed by atoms with Crippen LogP contribution in [0, 0.1) is 5.41 Å². The molecule has 1 aromatic rings. The van der Waals surface area contributed by atoms with Gasteiger partial charge < -0.3 is 20.5 Å². The third-order valence-electron chi connectivity index (χ3n) is 5.13. The molecular formula is C18H22N4O5. The smallest absolute Gasteiger partial charge is 0.410 e. The summed E-state index contributed by atoms with van der Waals surface area (Å²) in [6.07, 6.45) is 0.998. The number of ether oxygens (including phenoxy) is 1. The molecule has 0 atom stereocenters. The number of aliphatic carboxylic acids is 1. The predicted molar refractivity (Wildman–Crippen MR) is 95.6 cm³/mol. The number of nitrogen functional groups attached to an aromatic ring is 1. The van der Waals surface area contributed by atoms with Gasteiger partial charge >= 0.3 is 12.1 Å². The number of likely N-dealkylation sites (tertiary alicyclic amines) is 1. The number of piperidine rings is 1. The lowest BCUT2D eigenvalue weighted by Crippen LogP contribution is -2.56. The van der Waals surface area contributed by atoms with E-state index in [-0.39, 0.29) is 18.3 Å². The first kappa shape index (κ1) is 18.7. The Morgan fingerprint density at radius 1 is 1.11 bits per heavy atom. The topological polar surface area (TPSA) is 137 Å². The van der Waals surface area contributed by atoms with Crippen LogP contribution in [0.4, 0.5) is 4.79 Å². The molecule has 0 aromatic heterocycles. The molecular weight excluding hydrogens is 352 g/mol. The summed E-state index contributed by atoms with van der Waals surface area (Å²) in [4.78, 5) is 38.4. The van der Waals surface area contributed by atoms with Gasteiger partial charge in [-0.15, -0.1) is 0 Å². The highest BCUT2D eigenvalue weighted by Gasteiger charge is 2.44. The van der Waals surface area contributed by atoms with Crippen molar-refractivity contribution in [2.75, 3.05) is 26.2 Å². The van der Waals surface area contributed by atoms with E-state index in [0.29, 0.717) is 50.0 Å². The Balaban J connectivity index is 1.58. The van der Waals surface area contributed by atoms with Crippen molar-refractivity contribution in [3.8, 4) is 0 Å². The van der Waals surface area contributed by atoms with E-state index in [1.54, 1.807) is 29.2 Å². The molecule has 9 heteroatoms. The zero-order valence-electron chi connectivity index (χ0n) is 14.8. The summed E-state index contributed by atoms with van der Waals surface area (Å²) in [5.74, 6) is -1.24. The van der Waals surface area contributed by atoms with Crippen molar-refractivity contribution in [2.24, 2.45) is 5.73 Å². The van der Waals surface area contributed by atoms with E-state index in [0.717, 1.165) is 0 Å². The van der Waals surface area contributed by atoms with Crippen LogP contribution in [-0.4, -0.2) is 70.5 Å². The number of carbonyl (C=O) groups excluding carboxylic acids is 2. The molecule has 144 valence electrons. The van der Waals surface area contributed by atoms with Crippen molar-refractivity contribution >= 4 is 23.8 Å². The van der Waals surface area contributed by atoms with Crippen molar-refractivity contribution in [1.29, 1.82) is 5.41 Å². The lowest BCUT2D eigenvalue weighted by atomic mass is 9.86. The Morgan fingerprint density at radius 2 is 1.67 bits per heavy atom. The molecule has 1 spiro atoms. The zero-order chi connectivity index (χ0) is 19.6. The van der Waals surface area contributed by atoms with Crippen molar-refractivity contribution < 1.29 is 24.2 Å². The summed E-state index contributed by atoms with van der Waals surface area (Å²) < 4.78 is 5.55. The van der Waals surface area contributed by atoms with Gasteiger partial charge in [0.05, 0.1) is 0 Å². The Hall–Kier alpha value is -3.10. The molecule has 2 amide bonds. The van der Waals surface area contributed by atoms with Gasteiger partial charge in [-0.25, -0.2) is 4.79 Å². The minimum Gasteiger partial charge on any atom is -0.480 e. The van der Waals surface area contributed by atoms with Crippen LogP contribution in [0.1, 0.15) is 35.2 Å². The highest BCUT2D eigenvalue weighted by atomic mass is 16.6. The molecule has 4 N–H and O–H groups in total. The van der Waals surface area contributed by atoms with Crippen LogP contribution < -0.4 is 5.73 Å². The van der Waals surface area contributed by atoms with Crippen LogP contribution in [-0.2, 0) is 9.53 Å². The van der Waals surface area contributed by atoms with Gasteiger partial charge in [0.1, 0.15) is 18.0 Å². The molecule has 3 rings (SSSR count). The van der Waals surface area contributed by atoms with E-state index in [1.807, 2.05) is 0 Å². The SMILES string of the molecule is N=C(N)c1ccc(C(=O)N2CCC3(CCN(CC(=O)O)C(=O)O3)CC2)cc1. The van der Waals surface area contributed by atoms with Crippen LogP contribution in [0.15, 0.2) is 24.3 Å². The summed E-state index contributed by atoms with van der Waals surface area (Å²) in [5, 5.41) is 16.2. The van der Waals surface area contributed by atoms with Crippen LogP contribution in [0.5, 0.6) is 0 Å². The third-order valence-corrected chi connectivity index (χ3v) is 5.13. The third kappa shape index (κ3) is 4.02. The Bertz CT molecular complexity index is 768. The summed E-state index contributed by atoms with van der Waals surface area (Å²) in [6, 6.07) is 6.57. The molecule has 2 aliphatic rings. The number of carboxylic acid groups (broad SMARTS) is 1. The van der Waals surface area contributed by atoms with Gasteiger partial charge in [0.2, 0.25) is 0 Å². The highest BCUT2D eigenvalue weighted by Crippen LogP contribution is 2.34. The second-order valence-electron chi connectivity index (χ2n) is 6.90. The lowest BCUT2D eigenvalue weighted by Gasteiger charge is -2.45. The highest BCUT2D eigenvalue weighted by molar-refractivity contribution is 5.98. The molecule has 0 aliphatic carbocycles. The van der Waals surface area contributed by atoms with Gasteiger partial charge in [0.25, 0.3) is 5.91 Å². The van der Waals surface area contributed by atoms with Gasteiger partial charge in [-0.2, -0.15) is 0 Å². The maximum atomic E-state index is 12.6. The van der Waals surface area contributed by atoms with Gasteiger partial charge in [-0.3, -0.25) is 19.9 Å². The van der Waals surface area contributed by atoms with E-state index < -0.39 is 17.7 Å². The predicted octanol–water partition coefficient (Wildman–Crippen LogP) is 0.872. The lowest BCUT2D eigenvalue weighted by molar-refractivity contribution is -0.140. The first-order chi connectivity index (χ1) is 12.8. The average Bonchev–Trinajstić information content (AvgIpc) is 2.64. The number of hydrogen-bond acceptors (Lipinski definition) is 5. The van der Waals surface area contributed by atoms with E-state index in [4.69, 9.17) is 21.0 Å². The van der Waals surface area contributed by atoms with Gasteiger partial charge in [-0.1, -0.05) is 12.1 Å². The maximum Gasteiger partial charge on any atom is 0.410 e. The first-order valence-electron chi connectivity index (χ1n) is 8.73. The molecule has 9 nitrogen and oxygen atoms in total. The van der Waals surface area contributed by atoms with Gasteiger partial charge in [0.15, 0.2) is 0 Å². The second-order valence-corrected chi connectivity index (χ2v) is 6.90. The zero-order valence-corrected chi connectivity index (χ0v) is 14.8. The first-order valence-corrected chi connectivity index (χ1v) is 8.73. The Kier molecular flexibility index (Phi) is 5.02. The molecule has 27 heavy (non-hydrogen) atoms. The van der Waals surface area contributed by atoms with Crippen molar-refractivity contribution in [2.45, 2.75) is 24.9 Å². The van der Waals surface area contributed by atoms with Crippen molar-refractivity contribution in [3.63, 3.8) is 0 Å². The van der Waals surface area contributed by atoms with Crippen molar-refractivity contribution in [3.05, 3.63) is 35.4 Å². The van der Waals surface area contributed by atoms with Crippen LogP contribution in [0.2, 0.25) is 0 Å². The van der Waals surface area contributed by atoms with E-state index in [9.17, 15) is 14.4 Å². The number of carboxylic acids is 1. The quantitative estimate of drug-likeness (QED) is 0.528. The fourth-order valence-electron chi connectivity index (χ4n) is 3.48. The molecule has 0 unspecified atom stereocenters. The minimum atomic E-state index is -1.07. The maximum absolute atomic E-state index is 12.6. The number of nitrogens with zero attached hydrogens (tertiary/aromatic N) is 2.